The van der Waals surface area contributed by atoms with Crippen molar-refractivity contribution in [3.63, 3.8) is 0 Å². The molecule has 7 heteroatoms. The van der Waals surface area contributed by atoms with E-state index in [1.165, 1.54) is 0 Å². The van der Waals surface area contributed by atoms with Crippen LogP contribution in [0.4, 0.5) is 0 Å². The maximum Gasteiger partial charge on any atom is 0.253 e. The Bertz CT molecular complexity index is 1120. The van der Waals surface area contributed by atoms with Crippen LogP contribution in [0.2, 0.25) is 5.02 Å². The summed E-state index contributed by atoms with van der Waals surface area (Å²) in [5.41, 5.74) is 2.95. The molecule has 1 aromatic carbocycles. The number of rotatable bonds is 4. The van der Waals surface area contributed by atoms with Crippen LogP contribution in [0.3, 0.4) is 0 Å². The highest BCUT2D eigenvalue weighted by Crippen LogP contribution is 2.20. The second-order valence-corrected chi connectivity index (χ2v) is 6.55. The van der Waals surface area contributed by atoms with Gasteiger partial charge < -0.3 is 5.32 Å². The van der Waals surface area contributed by atoms with Crippen LogP contribution in [0.25, 0.3) is 16.7 Å². The molecule has 0 fully saturated rings. The zero-order valence-electron chi connectivity index (χ0n) is 14.6. The summed E-state index contributed by atoms with van der Waals surface area (Å²) in [6.07, 6.45) is 5.21. The summed E-state index contributed by atoms with van der Waals surface area (Å²) >= 11 is 6.05. The van der Waals surface area contributed by atoms with Crippen molar-refractivity contribution in [2.45, 2.75) is 13.5 Å². The molecule has 0 aliphatic heterocycles. The molecule has 0 radical (unpaired) electrons. The van der Waals surface area contributed by atoms with Gasteiger partial charge in [-0.1, -0.05) is 11.6 Å². The van der Waals surface area contributed by atoms with Crippen LogP contribution in [-0.4, -0.2) is 25.7 Å². The van der Waals surface area contributed by atoms with Crippen LogP contribution in [0, 0.1) is 6.92 Å². The van der Waals surface area contributed by atoms with Gasteiger partial charge in [-0.2, -0.15) is 5.10 Å². The number of aromatic nitrogens is 4. The predicted molar refractivity (Wildman–Crippen MR) is 104 cm³/mol. The fourth-order valence-corrected chi connectivity index (χ4v) is 3.03. The molecule has 4 rings (SSSR count). The standard InChI is InChI=1S/C20H16ClN5O/c1-13-17(11-15-10-16(21)3-4-18(15)25-13)20(27)23-12-14-5-7-22-19(9-14)26-8-2-6-24-26/h2-11H,12H2,1H3,(H,23,27). The molecule has 0 aliphatic rings. The fourth-order valence-electron chi connectivity index (χ4n) is 2.85. The van der Waals surface area contributed by atoms with Crippen LogP contribution < -0.4 is 5.32 Å². The predicted octanol–water partition coefficient (Wildman–Crippen LogP) is 3.71. The third-order valence-electron chi connectivity index (χ3n) is 4.21. The van der Waals surface area contributed by atoms with Crippen molar-refractivity contribution >= 4 is 28.4 Å². The fraction of sp³-hybridized carbons (Fsp3) is 0.100. The van der Waals surface area contributed by atoms with Gasteiger partial charge in [0.2, 0.25) is 0 Å². The molecule has 0 aliphatic carbocycles. The third kappa shape index (κ3) is 3.66. The lowest BCUT2D eigenvalue weighted by Crippen LogP contribution is -2.24. The summed E-state index contributed by atoms with van der Waals surface area (Å²) in [4.78, 5) is 21.5. The smallest absolute Gasteiger partial charge is 0.253 e. The quantitative estimate of drug-likeness (QED) is 0.588. The van der Waals surface area contributed by atoms with E-state index in [-0.39, 0.29) is 5.91 Å². The van der Waals surface area contributed by atoms with Gasteiger partial charge in [0.05, 0.1) is 16.8 Å². The molecule has 4 aromatic rings. The minimum absolute atomic E-state index is 0.181. The first-order valence-electron chi connectivity index (χ1n) is 8.40. The van der Waals surface area contributed by atoms with E-state index >= 15 is 0 Å². The first-order chi connectivity index (χ1) is 13.1. The topological polar surface area (TPSA) is 72.7 Å². The molecule has 0 atom stereocenters. The van der Waals surface area contributed by atoms with E-state index < -0.39 is 0 Å². The van der Waals surface area contributed by atoms with Gasteiger partial charge in [-0.05, 0) is 55.0 Å². The SMILES string of the molecule is Cc1nc2ccc(Cl)cc2cc1C(=O)NCc1ccnc(-n2cccn2)c1. The van der Waals surface area contributed by atoms with Crippen molar-refractivity contribution in [3.05, 3.63) is 82.9 Å². The van der Waals surface area contributed by atoms with Crippen molar-refractivity contribution in [3.8, 4) is 5.82 Å². The van der Waals surface area contributed by atoms with E-state index in [9.17, 15) is 4.79 Å². The van der Waals surface area contributed by atoms with E-state index in [4.69, 9.17) is 11.6 Å². The highest BCUT2D eigenvalue weighted by atomic mass is 35.5. The highest BCUT2D eigenvalue weighted by Gasteiger charge is 2.12. The first-order valence-corrected chi connectivity index (χ1v) is 8.78. The third-order valence-corrected chi connectivity index (χ3v) is 4.45. The number of carbonyl (C=O) groups is 1. The molecule has 0 unspecified atom stereocenters. The number of nitrogens with one attached hydrogen (secondary N) is 1. The molecule has 0 saturated carbocycles. The van der Waals surface area contributed by atoms with Crippen molar-refractivity contribution in [2.24, 2.45) is 0 Å². The molecule has 0 spiro atoms. The van der Waals surface area contributed by atoms with Crippen LogP contribution in [0.5, 0.6) is 0 Å². The van der Waals surface area contributed by atoms with E-state index in [1.807, 2.05) is 43.5 Å². The number of nitrogens with zero attached hydrogens (tertiary/aromatic N) is 4. The molecule has 6 nitrogen and oxygen atoms in total. The van der Waals surface area contributed by atoms with E-state index in [2.05, 4.69) is 20.4 Å². The summed E-state index contributed by atoms with van der Waals surface area (Å²) in [6, 6.07) is 12.8. The van der Waals surface area contributed by atoms with Crippen molar-refractivity contribution in [1.82, 2.24) is 25.1 Å². The molecule has 3 heterocycles. The van der Waals surface area contributed by atoms with Gasteiger partial charge in [-0.15, -0.1) is 0 Å². The van der Waals surface area contributed by atoms with Crippen molar-refractivity contribution in [2.75, 3.05) is 0 Å². The van der Waals surface area contributed by atoms with E-state index in [0.717, 1.165) is 16.5 Å². The molecule has 1 amide bonds. The van der Waals surface area contributed by atoms with Crippen LogP contribution in [-0.2, 0) is 6.54 Å². The van der Waals surface area contributed by atoms with Crippen molar-refractivity contribution in [1.29, 1.82) is 0 Å². The minimum atomic E-state index is -0.181. The number of benzene rings is 1. The van der Waals surface area contributed by atoms with Gasteiger partial charge in [-0.3, -0.25) is 9.78 Å². The maximum absolute atomic E-state index is 12.7. The number of hydrogen-bond donors (Lipinski definition) is 1. The zero-order chi connectivity index (χ0) is 18.8. The van der Waals surface area contributed by atoms with Crippen LogP contribution in [0.1, 0.15) is 21.6 Å². The molecule has 134 valence electrons. The monoisotopic (exact) mass is 377 g/mol. The van der Waals surface area contributed by atoms with Gasteiger partial charge in [0.15, 0.2) is 5.82 Å². The lowest BCUT2D eigenvalue weighted by atomic mass is 10.1. The summed E-state index contributed by atoms with van der Waals surface area (Å²) in [6.45, 7) is 2.20. The molecule has 1 N–H and O–H groups in total. The molecular formula is C20H16ClN5O. The first kappa shape index (κ1) is 17.2. The Hall–Kier alpha value is -3.25. The zero-order valence-corrected chi connectivity index (χ0v) is 15.3. The lowest BCUT2D eigenvalue weighted by molar-refractivity contribution is 0.0950. The number of halogens is 1. The largest absolute Gasteiger partial charge is 0.348 e. The number of hydrogen-bond acceptors (Lipinski definition) is 4. The average Bonchev–Trinajstić information content (AvgIpc) is 3.21. The van der Waals surface area contributed by atoms with Gasteiger partial charge >= 0.3 is 0 Å². The van der Waals surface area contributed by atoms with Crippen molar-refractivity contribution < 1.29 is 4.79 Å². The number of carbonyl (C=O) groups excluding carboxylic acids is 1. The van der Waals surface area contributed by atoms with Gasteiger partial charge in [-0.25, -0.2) is 9.67 Å². The second kappa shape index (κ2) is 7.17. The van der Waals surface area contributed by atoms with E-state index in [0.29, 0.717) is 28.6 Å². The van der Waals surface area contributed by atoms with Crippen LogP contribution >= 0.6 is 11.6 Å². The number of amides is 1. The Kier molecular flexibility index (Phi) is 4.56. The summed E-state index contributed by atoms with van der Waals surface area (Å²) < 4.78 is 1.67. The van der Waals surface area contributed by atoms with Gasteiger partial charge in [0, 0.05) is 35.5 Å². The number of pyridine rings is 2. The summed E-state index contributed by atoms with van der Waals surface area (Å²) in [5, 5.41) is 8.55. The Labute approximate surface area is 160 Å². The molecular weight excluding hydrogens is 362 g/mol. The Morgan fingerprint density at radius 3 is 2.89 bits per heavy atom. The highest BCUT2D eigenvalue weighted by molar-refractivity contribution is 6.31. The van der Waals surface area contributed by atoms with Crippen LogP contribution in [0.15, 0.2) is 61.1 Å². The Morgan fingerprint density at radius 2 is 2.07 bits per heavy atom. The molecule has 0 bridgehead atoms. The number of fused-ring (bicyclic) bond motifs is 1. The maximum atomic E-state index is 12.7. The number of aryl methyl sites for hydroxylation is 1. The normalized spacial score (nSPS) is 10.9. The lowest BCUT2D eigenvalue weighted by Gasteiger charge is -2.10. The Morgan fingerprint density at radius 1 is 1.19 bits per heavy atom. The van der Waals surface area contributed by atoms with Gasteiger partial charge in [0.1, 0.15) is 0 Å². The van der Waals surface area contributed by atoms with Gasteiger partial charge in [0.25, 0.3) is 5.91 Å². The summed E-state index contributed by atoms with van der Waals surface area (Å²) in [7, 11) is 0. The minimum Gasteiger partial charge on any atom is -0.348 e. The Balaban J connectivity index is 1.54. The second-order valence-electron chi connectivity index (χ2n) is 6.11. The van der Waals surface area contributed by atoms with E-state index in [1.54, 1.807) is 29.2 Å². The summed E-state index contributed by atoms with van der Waals surface area (Å²) in [5.74, 6) is 0.518. The molecule has 3 aromatic heterocycles. The molecule has 0 saturated heterocycles. The average molecular weight is 378 g/mol. The molecule has 27 heavy (non-hydrogen) atoms.